The summed E-state index contributed by atoms with van der Waals surface area (Å²) in [5.41, 5.74) is 0.416. The van der Waals surface area contributed by atoms with Crippen LogP contribution in [0, 0.1) is 0 Å². The highest BCUT2D eigenvalue weighted by atomic mass is 16.5. The zero-order valence-corrected chi connectivity index (χ0v) is 15.9. The molecule has 1 aliphatic rings. The molecule has 1 fully saturated rings. The van der Waals surface area contributed by atoms with Gasteiger partial charge in [-0.15, -0.1) is 0 Å². The Kier molecular flexibility index (Phi) is 7.64. The van der Waals surface area contributed by atoms with Crippen molar-refractivity contribution in [2.24, 2.45) is 0 Å². The van der Waals surface area contributed by atoms with Crippen LogP contribution in [0.15, 0.2) is 24.3 Å². The molecular weight excluding hydrogens is 348 g/mol. The van der Waals surface area contributed by atoms with Crippen LogP contribution in [-0.4, -0.2) is 53.0 Å². The van der Waals surface area contributed by atoms with Crippen molar-refractivity contribution >= 4 is 17.8 Å². The van der Waals surface area contributed by atoms with Gasteiger partial charge in [0.2, 0.25) is 5.91 Å². The standard InChI is InChI=1S/C20H28N2O5/c1-3-5-10-15(20(25)26)21-18(23)16-11-8-13-22(16)19(24)14-9-6-7-12-17(14)27-4-2/h6-7,9,12,15-16H,3-5,8,10-11,13H2,1-2H3,(H,21,23)(H,25,26)/t15-,16?/m0/s1. The van der Waals surface area contributed by atoms with E-state index in [0.717, 1.165) is 6.42 Å². The molecule has 7 heteroatoms. The third kappa shape index (κ3) is 5.21. The van der Waals surface area contributed by atoms with Gasteiger partial charge >= 0.3 is 5.97 Å². The van der Waals surface area contributed by atoms with Crippen LogP contribution in [0.2, 0.25) is 0 Å². The van der Waals surface area contributed by atoms with E-state index in [9.17, 15) is 19.5 Å². The van der Waals surface area contributed by atoms with Gasteiger partial charge in [0.05, 0.1) is 12.2 Å². The van der Waals surface area contributed by atoms with Crippen LogP contribution in [0.5, 0.6) is 5.75 Å². The van der Waals surface area contributed by atoms with Crippen LogP contribution in [0.4, 0.5) is 0 Å². The number of aliphatic carboxylic acids is 1. The molecule has 1 unspecified atom stereocenters. The fourth-order valence-corrected chi connectivity index (χ4v) is 3.30. The fraction of sp³-hybridized carbons (Fsp3) is 0.550. The molecule has 148 valence electrons. The highest BCUT2D eigenvalue weighted by Crippen LogP contribution is 2.25. The molecule has 0 radical (unpaired) electrons. The van der Waals surface area contributed by atoms with E-state index in [0.29, 0.717) is 50.1 Å². The van der Waals surface area contributed by atoms with Crippen LogP contribution < -0.4 is 10.1 Å². The summed E-state index contributed by atoms with van der Waals surface area (Å²) in [7, 11) is 0. The Bertz CT molecular complexity index is 676. The summed E-state index contributed by atoms with van der Waals surface area (Å²) < 4.78 is 5.53. The van der Waals surface area contributed by atoms with Crippen LogP contribution in [0.3, 0.4) is 0 Å². The van der Waals surface area contributed by atoms with E-state index in [1.165, 1.54) is 4.90 Å². The lowest BCUT2D eigenvalue weighted by atomic mass is 10.1. The van der Waals surface area contributed by atoms with E-state index in [1.807, 2.05) is 13.8 Å². The summed E-state index contributed by atoms with van der Waals surface area (Å²) >= 11 is 0. The normalized spacial score (nSPS) is 17.4. The van der Waals surface area contributed by atoms with Gasteiger partial charge < -0.3 is 20.1 Å². The maximum atomic E-state index is 13.0. The summed E-state index contributed by atoms with van der Waals surface area (Å²) in [6.07, 6.45) is 3.17. The predicted octanol–water partition coefficient (Wildman–Crippen LogP) is 2.45. The van der Waals surface area contributed by atoms with Crippen molar-refractivity contribution in [1.82, 2.24) is 10.2 Å². The molecule has 1 aromatic carbocycles. The summed E-state index contributed by atoms with van der Waals surface area (Å²) in [6.45, 7) is 4.71. The van der Waals surface area contributed by atoms with E-state index in [4.69, 9.17) is 4.74 Å². The molecule has 0 aromatic heterocycles. The Labute approximate surface area is 159 Å². The minimum absolute atomic E-state index is 0.267. The topological polar surface area (TPSA) is 95.9 Å². The molecule has 0 saturated carbocycles. The maximum Gasteiger partial charge on any atom is 0.326 e. The molecule has 1 aromatic rings. The van der Waals surface area contributed by atoms with Crippen LogP contribution >= 0.6 is 0 Å². The van der Waals surface area contributed by atoms with Crippen molar-refractivity contribution in [3.05, 3.63) is 29.8 Å². The summed E-state index contributed by atoms with van der Waals surface area (Å²) in [5, 5.41) is 11.9. The highest BCUT2D eigenvalue weighted by Gasteiger charge is 2.36. The largest absolute Gasteiger partial charge is 0.493 e. The van der Waals surface area contributed by atoms with E-state index in [-0.39, 0.29) is 5.91 Å². The van der Waals surface area contributed by atoms with Crippen molar-refractivity contribution in [3.8, 4) is 5.75 Å². The number of likely N-dealkylation sites (tertiary alicyclic amines) is 1. The SMILES string of the molecule is CCCC[C@H](NC(=O)C1CCCN1C(=O)c1ccccc1OCC)C(=O)O. The summed E-state index contributed by atoms with van der Waals surface area (Å²) in [5.74, 6) is -1.23. The number of nitrogens with one attached hydrogen (secondary N) is 1. The minimum atomic E-state index is -1.05. The second-order valence-electron chi connectivity index (χ2n) is 6.63. The van der Waals surface area contributed by atoms with Gasteiger partial charge in [0, 0.05) is 6.54 Å². The van der Waals surface area contributed by atoms with Gasteiger partial charge in [-0.1, -0.05) is 31.9 Å². The minimum Gasteiger partial charge on any atom is -0.493 e. The van der Waals surface area contributed by atoms with Crippen molar-refractivity contribution in [3.63, 3.8) is 0 Å². The molecule has 27 heavy (non-hydrogen) atoms. The molecule has 0 bridgehead atoms. The molecule has 0 aliphatic carbocycles. The van der Waals surface area contributed by atoms with Gasteiger partial charge in [-0.25, -0.2) is 4.79 Å². The number of hydrogen-bond acceptors (Lipinski definition) is 4. The monoisotopic (exact) mass is 376 g/mol. The molecular formula is C20H28N2O5. The van der Waals surface area contributed by atoms with E-state index < -0.39 is 24.0 Å². The second kappa shape index (κ2) is 9.94. The zero-order valence-electron chi connectivity index (χ0n) is 15.9. The predicted molar refractivity (Wildman–Crippen MR) is 101 cm³/mol. The summed E-state index contributed by atoms with van der Waals surface area (Å²) in [4.78, 5) is 38.6. The van der Waals surface area contributed by atoms with Crippen LogP contribution in [-0.2, 0) is 9.59 Å². The smallest absolute Gasteiger partial charge is 0.326 e. The fourth-order valence-electron chi connectivity index (χ4n) is 3.30. The first-order chi connectivity index (χ1) is 13.0. The third-order valence-electron chi connectivity index (χ3n) is 4.69. The molecule has 2 atom stereocenters. The number of unbranched alkanes of at least 4 members (excludes halogenated alkanes) is 1. The average molecular weight is 376 g/mol. The van der Waals surface area contributed by atoms with Crippen LogP contribution in [0.1, 0.15) is 56.3 Å². The molecule has 2 rings (SSSR count). The maximum absolute atomic E-state index is 13.0. The van der Waals surface area contributed by atoms with Crippen molar-refractivity contribution in [2.45, 2.75) is 58.0 Å². The molecule has 1 aliphatic heterocycles. The first kappa shape index (κ1) is 20.7. The Morgan fingerprint density at radius 1 is 1.30 bits per heavy atom. The number of nitrogens with zero attached hydrogens (tertiary/aromatic N) is 1. The number of carboxylic acids is 1. The average Bonchev–Trinajstić information content (AvgIpc) is 3.15. The number of benzene rings is 1. The van der Waals surface area contributed by atoms with Gasteiger partial charge in [0.25, 0.3) is 5.91 Å². The highest BCUT2D eigenvalue weighted by molar-refractivity contribution is 6.00. The van der Waals surface area contributed by atoms with Gasteiger partial charge in [0.1, 0.15) is 17.8 Å². The molecule has 7 nitrogen and oxygen atoms in total. The molecule has 1 heterocycles. The Morgan fingerprint density at radius 2 is 2.04 bits per heavy atom. The third-order valence-corrected chi connectivity index (χ3v) is 4.69. The lowest BCUT2D eigenvalue weighted by molar-refractivity contribution is -0.142. The number of carboxylic acid groups (broad SMARTS) is 1. The number of amides is 2. The molecule has 0 spiro atoms. The van der Waals surface area contributed by atoms with Crippen molar-refractivity contribution in [1.29, 1.82) is 0 Å². The Morgan fingerprint density at radius 3 is 2.70 bits per heavy atom. The van der Waals surface area contributed by atoms with E-state index >= 15 is 0 Å². The number of para-hydroxylation sites is 1. The van der Waals surface area contributed by atoms with Gasteiger partial charge in [-0.2, -0.15) is 0 Å². The first-order valence-electron chi connectivity index (χ1n) is 9.55. The lowest BCUT2D eigenvalue weighted by Crippen LogP contribution is -2.50. The number of carbonyl (C=O) groups is 3. The number of rotatable bonds is 9. The van der Waals surface area contributed by atoms with E-state index in [1.54, 1.807) is 24.3 Å². The van der Waals surface area contributed by atoms with Gasteiger partial charge in [0.15, 0.2) is 0 Å². The van der Waals surface area contributed by atoms with Gasteiger partial charge in [-0.05, 0) is 38.3 Å². The van der Waals surface area contributed by atoms with Gasteiger partial charge in [-0.3, -0.25) is 9.59 Å². The number of ether oxygens (including phenoxy) is 1. The Balaban J connectivity index is 2.13. The molecule has 2 amide bonds. The zero-order chi connectivity index (χ0) is 19.8. The molecule has 1 saturated heterocycles. The van der Waals surface area contributed by atoms with Crippen LogP contribution in [0.25, 0.3) is 0 Å². The second-order valence-corrected chi connectivity index (χ2v) is 6.63. The van der Waals surface area contributed by atoms with E-state index in [2.05, 4.69) is 5.32 Å². The number of carbonyl (C=O) groups excluding carboxylic acids is 2. The number of hydrogen-bond donors (Lipinski definition) is 2. The first-order valence-corrected chi connectivity index (χ1v) is 9.55. The lowest BCUT2D eigenvalue weighted by Gasteiger charge is -2.26. The molecule has 2 N–H and O–H groups in total. The summed E-state index contributed by atoms with van der Waals surface area (Å²) in [6, 6.07) is 5.38. The Hall–Kier alpha value is -2.57. The van der Waals surface area contributed by atoms with Crippen molar-refractivity contribution < 1.29 is 24.2 Å². The van der Waals surface area contributed by atoms with Crippen molar-refractivity contribution in [2.75, 3.05) is 13.2 Å². The quantitative estimate of drug-likeness (QED) is 0.690.